The summed E-state index contributed by atoms with van der Waals surface area (Å²) in [6.45, 7) is 0.602. The van der Waals surface area contributed by atoms with E-state index in [4.69, 9.17) is 22.1 Å². The number of halogens is 1. The molecule has 0 aliphatic rings. The Kier molecular flexibility index (Phi) is 3.89. The fourth-order valence-electron chi connectivity index (χ4n) is 1.55. The molecule has 2 aromatic rings. The maximum atomic E-state index is 6.07. The van der Waals surface area contributed by atoms with Crippen molar-refractivity contribution in [3.63, 3.8) is 0 Å². The number of nitrogens with two attached hydrogens (primary N) is 1. The van der Waals surface area contributed by atoms with Crippen molar-refractivity contribution in [2.24, 2.45) is 0 Å². The summed E-state index contributed by atoms with van der Waals surface area (Å²) in [7, 11) is 1.59. The number of nitrogen functional groups attached to an aromatic ring is 1. The van der Waals surface area contributed by atoms with Gasteiger partial charge in [0.15, 0.2) is 0 Å². The number of methoxy groups -OCH3 is 1. The van der Waals surface area contributed by atoms with Crippen molar-refractivity contribution in [2.75, 3.05) is 18.2 Å². The molecule has 94 valence electrons. The topological polar surface area (TPSA) is 60.2 Å². The zero-order valence-electron chi connectivity index (χ0n) is 9.98. The van der Waals surface area contributed by atoms with Crippen LogP contribution in [0.1, 0.15) is 5.56 Å². The Bertz CT molecular complexity index is 508. The lowest BCUT2D eigenvalue weighted by molar-refractivity contribution is 0.397. The van der Waals surface area contributed by atoms with Gasteiger partial charge in [-0.25, -0.2) is 4.98 Å². The van der Waals surface area contributed by atoms with Gasteiger partial charge in [-0.2, -0.15) is 0 Å². The highest BCUT2D eigenvalue weighted by atomic mass is 35.5. The van der Waals surface area contributed by atoms with E-state index in [0.29, 0.717) is 23.1 Å². The number of rotatable bonds is 4. The summed E-state index contributed by atoms with van der Waals surface area (Å²) in [6.07, 6.45) is 1.75. The monoisotopic (exact) mass is 263 g/mol. The third-order valence-corrected chi connectivity index (χ3v) is 2.84. The van der Waals surface area contributed by atoms with Crippen LogP contribution in [0.4, 0.5) is 11.4 Å². The van der Waals surface area contributed by atoms with Gasteiger partial charge in [-0.05, 0) is 17.7 Å². The summed E-state index contributed by atoms with van der Waals surface area (Å²) < 4.78 is 5.00. The molecule has 0 bridgehead atoms. The van der Waals surface area contributed by atoms with E-state index < -0.39 is 0 Å². The van der Waals surface area contributed by atoms with Gasteiger partial charge in [-0.3, -0.25) is 0 Å². The van der Waals surface area contributed by atoms with Crippen molar-refractivity contribution in [3.05, 3.63) is 47.1 Å². The molecule has 0 atom stereocenters. The maximum Gasteiger partial charge on any atom is 0.212 e. The molecule has 0 saturated carbocycles. The van der Waals surface area contributed by atoms with E-state index in [9.17, 15) is 0 Å². The van der Waals surface area contributed by atoms with Gasteiger partial charge in [0, 0.05) is 18.8 Å². The van der Waals surface area contributed by atoms with Crippen LogP contribution < -0.4 is 15.8 Å². The molecule has 0 aliphatic heterocycles. The lowest BCUT2D eigenvalue weighted by Gasteiger charge is -2.11. The number of nitrogens with zero attached hydrogens (tertiary/aromatic N) is 1. The lowest BCUT2D eigenvalue weighted by atomic mass is 10.2. The number of benzene rings is 1. The molecule has 3 N–H and O–H groups in total. The Morgan fingerprint density at radius 2 is 2.17 bits per heavy atom. The van der Waals surface area contributed by atoms with Crippen molar-refractivity contribution >= 4 is 23.0 Å². The molecule has 2 rings (SSSR count). The molecule has 1 aromatic carbocycles. The Labute approximate surface area is 111 Å². The minimum Gasteiger partial charge on any atom is -0.481 e. The fourth-order valence-corrected chi connectivity index (χ4v) is 1.80. The van der Waals surface area contributed by atoms with Gasteiger partial charge in [0.2, 0.25) is 5.88 Å². The zero-order chi connectivity index (χ0) is 13.0. The minimum absolute atomic E-state index is 0.594. The molecular formula is C13H14ClN3O. The fraction of sp³-hybridized carbons (Fsp3) is 0.154. The molecule has 1 aromatic heterocycles. The van der Waals surface area contributed by atoms with Crippen LogP contribution in [0.2, 0.25) is 5.02 Å². The molecule has 0 unspecified atom stereocenters. The highest BCUT2D eigenvalue weighted by molar-refractivity contribution is 6.33. The lowest BCUT2D eigenvalue weighted by Crippen LogP contribution is -2.03. The number of aromatic nitrogens is 1. The normalized spacial score (nSPS) is 10.1. The van der Waals surface area contributed by atoms with Gasteiger partial charge >= 0.3 is 0 Å². The van der Waals surface area contributed by atoms with Crippen LogP contribution in [0.25, 0.3) is 0 Å². The number of anilines is 2. The number of nitrogens with one attached hydrogen (secondary N) is 1. The molecule has 5 heteroatoms. The average Bonchev–Trinajstić information content (AvgIpc) is 2.39. The maximum absolute atomic E-state index is 6.07. The van der Waals surface area contributed by atoms with Crippen LogP contribution in [-0.4, -0.2) is 12.1 Å². The molecule has 0 fully saturated rings. The van der Waals surface area contributed by atoms with Crippen LogP contribution in [0.3, 0.4) is 0 Å². The SMILES string of the molecule is COc1ccc(CNc2c(N)cccc2Cl)cn1. The third kappa shape index (κ3) is 2.84. The van der Waals surface area contributed by atoms with Crippen molar-refractivity contribution in [3.8, 4) is 5.88 Å². The van der Waals surface area contributed by atoms with Gasteiger partial charge < -0.3 is 15.8 Å². The van der Waals surface area contributed by atoms with Gasteiger partial charge in [0.1, 0.15) is 0 Å². The van der Waals surface area contributed by atoms with E-state index in [1.165, 1.54) is 0 Å². The van der Waals surface area contributed by atoms with Gasteiger partial charge in [-0.15, -0.1) is 0 Å². The van der Waals surface area contributed by atoms with Crippen LogP contribution in [0, 0.1) is 0 Å². The standard InChI is InChI=1S/C13H14ClN3O/c1-18-12-6-5-9(7-16-12)8-17-13-10(14)3-2-4-11(13)15/h2-7,17H,8,15H2,1H3. The van der Waals surface area contributed by atoms with E-state index in [2.05, 4.69) is 10.3 Å². The number of ether oxygens (including phenoxy) is 1. The summed E-state index contributed by atoms with van der Waals surface area (Å²) in [6, 6.07) is 9.17. The highest BCUT2D eigenvalue weighted by Gasteiger charge is 2.04. The van der Waals surface area contributed by atoms with Crippen LogP contribution in [0.5, 0.6) is 5.88 Å². The summed E-state index contributed by atoms with van der Waals surface area (Å²) in [4.78, 5) is 4.13. The van der Waals surface area contributed by atoms with E-state index in [-0.39, 0.29) is 0 Å². The third-order valence-electron chi connectivity index (χ3n) is 2.52. The first-order valence-corrected chi connectivity index (χ1v) is 5.85. The van der Waals surface area contributed by atoms with Crippen molar-refractivity contribution in [2.45, 2.75) is 6.54 Å². The first kappa shape index (κ1) is 12.5. The summed E-state index contributed by atoms with van der Waals surface area (Å²) >= 11 is 6.07. The molecule has 0 amide bonds. The molecule has 1 heterocycles. The Hall–Kier alpha value is -1.94. The number of hydrogen-bond acceptors (Lipinski definition) is 4. The molecule has 0 aliphatic carbocycles. The zero-order valence-corrected chi connectivity index (χ0v) is 10.7. The van der Waals surface area contributed by atoms with Crippen LogP contribution in [-0.2, 0) is 6.54 Å². The largest absolute Gasteiger partial charge is 0.481 e. The summed E-state index contributed by atoms with van der Waals surface area (Å²) in [5.74, 6) is 0.594. The predicted octanol–water partition coefficient (Wildman–Crippen LogP) is 2.94. The minimum atomic E-state index is 0.594. The van der Waals surface area contributed by atoms with Crippen LogP contribution >= 0.6 is 11.6 Å². The van der Waals surface area contributed by atoms with Crippen molar-refractivity contribution in [1.29, 1.82) is 0 Å². The molecule has 4 nitrogen and oxygen atoms in total. The highest BCUT2D eigenvalue weighted by Crippen LogP contribution is 2.28. The summed E-state index contributed by atoms with van der Waals surface area (Å²) in [5, 5.41) is 3.81. The molecule has 0 radical (unpaired) electrons. The Morgan fingerprint density at radius 1 is 1.33 bits per heavy atom. The second-order valence-corrected chi connectivity index (χ2v) is 4.17. The Balaban J connectivity index is 2.06. The van der Waals surface area contributed by atoms with Crippen molar-refractivity contribution < 1.29 is 4.74 Å². The van der Waals surface area contributed by atoms with E-state index in [0.717, 1.165) is 11.3 Å². The second kappa shape index (κ2) is 5.60. The first-order valence-electron chi connectivity index (χ1n) is 5.47. The molecule has 0 saturated heterocycles. The molecule has 0 spiro atoms. The first-order chi connectivity index (χ1) is 8.70. The van der Waals surface area contributed by atoms with Crippen molar-refractivity contribution in [1.82, 2.24) is 4.98 Å². The number of para-hydroxylation sites is 1. The van der Waals surface area contributed by atoms with E-state index in [1.807, 2.05) is 18.2 Å². The van der Waals surface area contributed by atoms with E-state index >= 15 is 0 Å². The molecular weight excluding hydrogens is 250 g/mol. The second-order valence-electron chi connectivity index (χ2n) is 3.77. The quantitative estimate of drug-likeness (QED) is 0.833. The van der Waals surface area contributed by atoms with Gasteiger partial charge in [0.05, 0.1) is 23.5 Å². The van der Waals surface area contributed by atoms with Crippen LogP contribution in [0.15, 0.2) is 36.5 Å². The number of hydrogen-bond donors (Lipinski definition) is 2. The average molecular weight is 264 g/mol. The van der Waals surface area contributed by atoms with Gasteiger partial charge in [0.25, 0.3) is 0 Å². The summed E-state index contributed by atoms with van der Waals surface area (Å²) in [5.41, 5.74) is 8.25. The Morgan fingerprint density at radius 3 is 2.78 bits per heavy atom. The smallest absolute Gasteiger partial charge is 0.212 e. The number of pyridine rings is 1. The predicted molar refractivity (Wildman–Crippen MR) is 74.0 cm³/mol. The molecule has 18 heavy (non-hydrogen) atoms. The van der Waals surface area contributed by atoms with Gasteiger partial charge in [-0.1, -0.05) is 23.7 Å². The van der Waals surface area contributed by atoms with E-state index in [1.54, 1.807) is 25.4 Å².